The van der Waals surface area contributed by atoms with Crippen LogP contribution < -0.4 is 16.4 Å². The summed E-state index contributed by atoms with van der Waals surface area (Å²) < 4.78 is 0. The SMILES string of the molecule is NC(=O)c1cccc(CNC(=O)NCC2CC2)c1. The first-order valence-corrected chi connectivity index (χ1v) is 6.05. The molecule has 4 N–H and O–H groups in total. The molecular formula is C13H17N3O2. The Balaban J connectivity index is 1.79. The Bertz CT molecular complexity index is 455. The Morgan fingerprint density at radius 1 is 1.28 bits per heavy atom. The molecule has 5 heteroatoms. The maximum Gasteiger partial charge on any atom is 0.315 e. The molecule has 0 heterocycles. The molecule has 1 aliphatic rings. The van der Waals surface area contributed by atoms with E-state index in [0.717, 1.165) is 12.1 Å². The Labute approximate surface area is 106 Å². The van der Waals surface area contributed by atoms with E-state index in [1.54, 1.807) is 18.2 Å². The molecule has 5 nitrogen and oxygen atoms in total. The number of primary amides is 1. The summed E-state index contributed by atoms with van der Waals surface area (Å²) in [6, 6.07) is 6.75. The molecule has 0 spiro atoms. The summed E-state index contributed by atoms with van der Waals surface area (Å²) in [4.78, 5) is 22.5. The average molecular weight is 247 g/mol. The number of carbonyl (C=O) groups excluding carboxylic acids is 2. The van der Waals surface area contributed by atoms with Crippen LogP contribution in [0.15, 0.2) is 24.3 Å². The van der Waals surface area contributed by atoms with Crippen LogP contribution in [0.1, 0.15) is 28.8 Å². The van der Waals surface area contributed by atoms with E-state index in [1.807, 2.05) is 6.07 Å². The van der Waals surface area contributed by atoms with Crippen LogP contribution in [-0.2, 0) is 6.54 Å². The van der Waals surface area contributed by atoms with Crippen LogP contribution in [0.4, 0.5) is 4.79 Å². The minimum absolute atomic E-state index is 0.175. The monoisotopic (exact) mass is 247 g/mol. The lowest BCUT2D eigenvalue weighted by molar-refractivity contribution is 0.1000. The Hall–Kier alpha value is -2.04. The van der Waals surface area contributed by atoms with E-state index < -0.39 is 5.91 Å². The molecule has 1 fully saturated rings. The number of benzene rings is 1. The molecule has 1 aromatic rings. The van der Waals surface area contributed by atoms with Crippen LogP contribution in [-0.4, -0.2) is 18.5 Å². The van der Waals surface area contributed by atoms with Crippen molar-refractivity contribution >= 4 is 11.9 Å². The summed E-state index contributed by atoms with van der Waals surface area (Å²) in [6.07, 6.45) is 2.42. The normalized spacial score (nSPS) is 14.0. The lowest BCUT2D eigenvalue weighted by atomic mass is 10.1. The van der Waals surface area contributed by atoms with Gasteiger partial charge in [-0.2, -0.15) is 0 Å². The second-order valence-corrected chi connectivity index (χ2v) is 4.57. The van der Waals surface area contributed by atoms with Crippen molar-refractivity contribution in [1.29, 1.82) is 0 Å². The van der Waals surface area contributed by atoms with Gasteiger partial charge in [-0.1, -0.05) is 12.1 Å². The molecular weight excluding hydrogens is 230 g/mol. The van der Waals surface area contributed by atoms with Gasteiger partial charge in [0.15, 0.2) is 0 Å². The molecule has 96 valence electrons. The van der Waals surface area contributed by atoms with Crippen molar-refractivity contribution in [2.75, 3.05) is 6.54 Å². The summed E-state index contributed by atoms with van der Waals surface area (Å²) in [5.74, 6) is 0.198. The zero-order valence-electron chi connectivity index (χ0n) is 10.1. The second kappa shape index (κ2) is 5.53. The molecule has 0 bridgehead atoms. The molecule has 3 amide bonds. The minimum Gasteiger partial charge on any atom is -0.366 e. The van der Waals surface area contributed by atoms with E-state index in [1.165, 1.54) is 12.8 Å². The highest BCUT2D eigenvalue weighted by atomic mass is 16.2. The second-order valence-electron chi connectivity index (χ2n) is 4.57. The molecule has 2 rings (SSSR count). The maximum absolute atomic E-state index is 11.5. The molecule has 1 aliphatic carbocycles. The average Bonchev–Trinajstić information content (AvgIpc) is 3.18. The van der Waals surface area contributed by atoms with Crippen LogP contribution in [0.5, 0.6) is 0 Å². The maximum atomic E-state index is 11.5. The molecule has 0 radical (unpaired) electrons. The van der Waals surface area contributed by atoms with Gasteiger partial charge in [0, 0.05) is 18.7 Å². The van der Waals surface area contributed by atoms with E-state index >= 15 is 0 Å². The number of carbonyl (C=O) groups is 2. The van der Waals surface area contributed by atoms with Gasteiger partial charge < -0.3 is 16.4 Å². The standard InChI is InChI=1S/C13H17N3O2/c14-12(17)11-3-1-2-10(6-11)8-16-13(18)15-7-9-4-5-9/h1-3,6,9H,4-5,7-8H2,(H2,14,17)(H2,15,16,18). The lowest BCUT2D eigenvalue weighted by Gasteiger charge is -2.07. The third-order valence-corrected chi connectivity index (χ3v) is 2.91. The molecule has 1 saturated carbocycles. The van der Waals surface area contributed by atoms with Gasteiger partial charge in [-0.25, -0.2) is 4.79 Å². The molecule has 0 unspecified atom stereocenters. The number of rotatable bonds is 5. The van der Waals surface area contributed by atoms with E-state index in [0.29, 0.717) is 18.0 Å². The minimum atomic E-state index is -0.463. The van der Waals surface area contributed by atoms with E-state index in [4.69, 9.17) is 5.73 Å². The van der Waals surface area contributed by atoms with Crippen molar-refractivity contribution < 1.29 is 9.59 Å². The number of amides is 3. The first-order chi connectivity index (χ1) is 8.65. The molecule has 0 atom stereocenters. The first-order valence-electron chi connectivity index (χ1n) is 6.05. The zero-order chi connectivity index (χ0) is 13.0. The first kappa shape index (κ1) is 12.4. The van der Waals surface area contributed by atoms with Crippen molar-refractivity contribution in [3.05, 3.63) is 35.4 Å². The van der Waals surface area contributed by atoms with Crippen LogP contribution in [0, 0.1) is 5.92 Å². The van der Waals surface area contributed by atoms with Crippen LogP contribution in [0.25, 0.3) is 0 Å². The molecule has 1 aromatic carbocycles. The Kier molecular flexibility index (Phi) is 3.82. The molecule has 0 aliphatic heterocycles. The Morgan fingerprint density at radius 3 is 2.72 bits per heavy atom. The molecule has 0 saturated heterocycles. The Morgan fingerprint density at radius 2 is 2.06 bits per heavy atom. The predicted octanol–water partition coefficient (Wildman–Crippen LogP) is 0.995. The zero-order valence-corrected chi connectivity index (χ0v) is 10.1. The fourth-order valence-electron chi connectivity index (χ4n) is 1.64. The van der Waals surface area contributed by atoms with Crippen molar-refractivity contribution in [3.63, 3.8) is 0 Å². The summed E-state index contributed by atoms with van der Waals surface area (Å²) in [5, 5.41) is 5.56. The van der Waals surface area contributed by atoms with Gasteiger partial charge in [0.25, 0.3) is 0 Å². The summed E-state index contributed by atoms with van der Waals surface area (Å²) >= 11 is 0. The van der Waals surface area contributed by atoms with E-state index in [2.05, 4.69) is 10.6 Å². The predicted molar refractivity (Wildman–Crippen MR) is 67.9 cm³/mol. The van der Waals surface area contributed by atoms with Crippen molar-refractivity contribution in [1.82, 2.24) is 10.6 Å². The number of nitrogens with one attached hydrogen (secondary N) is 2. The highest BCUT2D eigenvalue weighted by Gasteiger charge is 2.21. The summed E-state index contributed by atoms with van der Waals surface area (Å²) in [7, 11) is 0. The van der Waals surface area contributed by atoms with Gasteiger partial charge in [-0.3, -0.25) is 4.79 Å². The topological polar surface area (TPSA) is 84.2 Å². The number of urea groups is 1. The van der Waals surface area contributed by atoms with Crippen molar-refractivity contribution in [2.45, 2.75) is 19.4 Å². The van der Waals surface area contributed by atoms with E-state index in [9.17, 15) is 9.59 Å². The number of hydrogen-bond donors (Lipinski definition) is 3. The number of nitrogens with two attached hydrogens (primary N) is 1. The van der Waals surface area contributed by atoms with Gasteiger partial charge in [0.1, 0.15) is 0 Å². The summed E-state index contributed by atoms with van der Waals surface area (Å²) in [5.41, 5.74) is 6.49. The largest absolute Gasteiger partial charge is 0.366 e. The lowest BCUT2D eigenvalue weighted by Crippen LogP contribution is -2.36. The van der Waals surface area contributed by atoms with Crippen molar-refractivity contribution in [2.24, 2.45) is 11.7 Å². The summed E-state index contributed by atoms with van der Waals surface area (Å²) in [6.45, 7) is 1.13. The fraction of sp³-hybridized carbons (Fsp3) is 0.385. The van der Waals surface area contributed by atoms with Gasteiger partial charge >= 0.3 is 6.03 Å². The highest BCUT2D eigenvalue weighted by Crippen LogP contribution is 2.27. The smallest absolute Gasteiger partial charge is 0.315 e. The van der Waals surface area contributed by atoms with Gasteiger partial charge in [-0.15, -0.1) is 0 Å². The van der Waals surface area contributed by atoms with Crippen LogP contribution in [0.3, 0.4) is 0 Å². The quantitative estimate of drug-likeness (QED) is 0.725. The van der Waals surface area contributed by atoms with Crippen molar-refractivity contribution in [3.8, 4) is 0 Å². The molecule has 18 heavy (non-hydrogen) atoms. The van der Waals surface area contributed by atoms with Gasteiger partial charge in [-0.05, 0) is 36.5 Å². The third kappa shape index (κ3) is 3.76. The van der Waals surface area contributed by atoms with Crippen LogP contribution >= 0.6 is 0 Å². The van der Waals surface area contributed by atoms with E-state index in [-0.39, 0.29) is 6.03 Å². The third-order valence-electron chi connectivity index (χ3n) is 2.91. The van der Waals surface area contributed by atoms with Gasteiger partial charge in [0.2, 0.25) is 5.91 Å². The highest BCUT2D eigenvalue weighted by molar-refractivity contribution is 5.92. The fourth-order valence-corrected chi connectivity index (χ4v) is 1.64. The molecule has 0 aromatic heterocycles. The van der Waals surface area contributed by atoms with Crippen LogP contribution in [0.2, 0.25) is 0 Å². The number of hydrogen-bond acceptors (Lipinski definition) is 2. The van der Waals surface area contributed by atoms with Gasteiger partial charge in [0.05, 0.1) is 0 Å².